The third-order valence-corrected chi connectivity index (χ3v) is 6.61. The third kappa shape index (κ3) is 6.05. The zero-order chi connectivity index (χ0) is 23.2. The Balaban J connectivity index is 1.40. The maximum Gasteiger partial charge on any atom is 0.309 e. The Morgan fingerprint density at radius 3 is 2.52 bits per heavy atom. The van der Waals surface area contributed by atoms with E-state index in [-0.39, 0.29) is 12.6 Å². The highest BCUT2D eigenvalue weighted by Crippen LogP contribution is 2.30. The van der Waals surface area contributed by atoms with Gasteiger partial charge in [0.15, 0.2) is 0 Å². The molecule has 0 spiro atoms. The van der Waals surface area contributed by atoms with Crippen LogP contribution in [-0.4, -0.2) is 63.2 Å². The summed E-state index contributed by atoms with van der Waals surface area (Å²) in [6.45, 7) is 4.62. The SMILES string of the molecule is CN1CCCc2cc([C@@H](CNC(=O)C(=O)NCc3ccc(Cl)cc3)N3CCOCC3)ccc21. The molecule has 4 rings (SSSR count). The molecule has 2 amide bonds. The Kier molecular flexibility index (Phi) is 7.85. The van der Waals surface area contributed by atoms with Crippen molar-refractivity contribution >= 4 is 29.1 Å². The van der Waals surface area contributed by atoms with Crippen LogP contribution in [0, 0.1) is 0 Å². The van der Waals surface area contributed by atoms with Crippen LogP contribution in [0.2, 0.25) is 5.02 Å². The molecule has 2 aliphatic rings. The molecule has 0 unspecified atom stereocenters. The molecule has 1 fully saturated rings. The summed E-state index contributed by atoms with van der Waals surface area (Å²) < 4.78 is 5.53. The summed E-state index contributed by atoms with van der Waals surface area (Å²) in [5, 5.41) is 6.15. The van der Waals surface area contributed by atoms with Gasteiger partial charge >= 0.3 is 11.8 Å². The van der Waals surface area contributed by atoms with Gasteiger partial charge < -0.3 is 20.3 Å². The Bertz CT molecular complexity index is 976. The molecular formula is C25H31ClN4O3. The Morgan fingerprint density at radius 1 is 1.03 bits per heavy atom. The molecule has 0 saturated carbocycles. The number of rotatable bonds is 6. The molecule has 1 saturated heterocycles. The van der Waals surface area contributed by atoms with Crippen molar-refractivity contribution in [2.24, 2.45) is 0 Å². The minimum Gasteiger partial charge on any atom is -0.379 e. The molecule has 2 N–H and O–H groups in total. The molecule has 176 valence electrons. The lowest BCUT2D eigenvalue weighted by Gasteiger charge is -2.36. The summed E-state index contributed by atoms with van der Waals surface area (Å²) in [5.74, 6) is -1.27. The zero-order valence-corrected chi connectivity index (χ0v) is 19.7. The van der Waals surface area contributed by atoms with Gasteiger partial charge in [0, 0.05) is 50.5 Å². The lowest BCUT2D eigenvalue weighted by molar-refractivity contribution is -0.139. The monoisotopic (exact) mass is 470 g/mol. The van der Waals surface area contributed by atoms with Crippen LogP contribution in [0.4, 0.5) is 5.69 Å². The van der Waals surface area contributed by atoms with Crippen LogP contribution in [0.3, 0.4) is 0 Å². The number of benzene rings is 2. The number of carbonyl (C=O) groups is 2. The number of hydrogen-bond donors (Lipinski definition) is 2. The van der Waals surface area contributed by atoms with Crippen LogP contribution >= 0.6 is 11.6 Å². The first kappa shape index (κ1) is 23.5. The fourth-order valence-electron chi connectivity index (χ4n) is 4.49. The smallest absolute Gasteiger partial charge is 0.309 e. The van der Waals surface area contributed by atoms with E-state index in [4.69, 9.17) is 16.3 Å². The normalized spacial score (nSPS) is 17.2. The molecule has 0 radical (unpaired) electrons. The molecule has 33 heavy (non-hydrogen) atoms. The molecule has 2 aromatic rings. The Hall–Kier alpha value is -2.61. The highest BCUT2D eigenvalue weighted by Gasteiger charge is 2.26. The minimum absolute atomic E-state index is 0.0144. The molecule has 2 aliphatic heterocycles. The summed E-state index contributed by atoms with van der Waals surface area (Å²) in [7, 11) is 2.12. The van der Waals surface area contributed by atoms with Crippen molar-refractivity contribution in [3.8, 4) is 0 Å². The second kappa shape index (κ2) is 11.0. The van der Waals surface area contributed by atoms with Crippen molar-refractivity contribution in [1.82, 2.24) is 15.5 Å². The zero-order valence-electron chi connectivity index (χ0n) is 19.0. The molecule has 0 aliphatic carbocycles. The van der Waals surface area contributed by atoms with Gasteiger partial charge in [0.1, 0.15) is 0 Å². The van der Waals surface area contributed by atoms with Crippen LogP contribution < -0.4 is 15.5 Å². The topological polar surface area (TPSA) is 73.9 Å². The lowest BCUT2D eigenvalue weighted by atomic mass is 9.95. The van der Waals surface area contributed by atoms with Crippen molar-refractivity contribution in [3.63, 3.8) is 0 Å². The number of hydrogen-bond acceptors (Lipinski definition) is 5. The van der Waals surface area contributed by atoms with Crippen molar-refractivity contribution in [3.05, 3.63) is 64.2 Å². The highest BCUT2D eigenvalue weighted by atomic mass is 35.5. The largest absolute Gasteiger partial charge is 0.379 e. The van der Waals surface area contributed by atoms with E-state index in [9.17, 15) is 9.59 Å². The van der Waals surface area contributed by atoms with Gasteiger partial charge in [0.05, 0.1) is 19.3 Å². The van der Waals surface area contributed by atoms with Crippen LogP contribution in [0.25, 0.3) is 0 Å². The first-order valence-corrected chi connectivity index (χ1v) is 11.9. The summed E-state index contributed by atoms with van der Waals surface area (Å²) >= 11 is 5.89. The lowest BCUT2D eigenvalue weighted by Crippen LogP contribution is -2.46. The Labute approximate surface area is 200 Å². The van der Waals surface area contributed by atoms with Gasteiger partial charge in [-0.05, 0) is 47.7 Å². The van der Waals surface area contributed by atoms with Gasteiger partial charge in [-0.3, -0.25) is 14.5 Å². The number of amides is 2. The molecule has 8 heteroatoms. The van der Waals surface area contributed by atoms with E-state index in [1.54, 1.807) is 12.1 Å². The molecule has 2 aromatic carbocycles. The first-order chi connectivity index (χ1) is 16.0. The second-order valence-corrected chi connectivity index (χ2v) is 9.03. The number of morpholine rings is 1. The number of aryl methyl sites for hydroxylation is 1. The van der Waals surface area contributed by atoms with Crippen molar-refractivity contribution < 1.29 is 14.3 Å². The fraction of sp³-hybridized carbons (Fsp3) is 0.440. The van der Waals surface area contributed by atoms with Gasteiger partial charge in [-0.1, -0.05) is 35.9 Å². The van der Waals surface area contributed by atoms with Crippen molar-refractivity contribution in [2.75, 3.05) is 51.3 Å². The van der Waals surface area contributed by atoms with Crippen LogP contribution in [0.5, 0.6) is 0 Å². The quantitative estimate of drug-likeness (QED) is 0.635. The van der Waals surface area contributed by atoms with Gasteiger partial charge in [-0.25, -0.2) is 0 Å². The molecule has 1 atom stereocenters. The van der Waals surface area contributed by atoms with Gasteiger partial charge in [0.25, 0.3) is 0 Å². The molecule has 2 heterocycles. The molecule has 0 bridgehead atoms. The highest BCUT2D eigenvalue weighted by molar-refractivity contribution is 6.35. The van der Waals surface area contributed by atoms with Crippen LogP contribution in [0.1, 0.15) is 29.2 Å². The summed E-state index contributed by atoms with van der Waals surface area (Å²) in [6, 6.07) is 13.7. The van der Waals surface area contributed by atoms with Crippen LogP contribution in [-0.2, 0) is 27.3 Å². The number of nitrogens with one attached hydrogen (secondary N) is 2. The number of ether oxygens (including phenoxy) is 1. The van der Waals surface area contributed by atoms with Gasteiger partial charge in [-0.15, -0.1) is 0 Å². The number of halogens is 1. The van der Waals surface area contributed by atoms with E-state index >= 15 is 0 Å². The van der Waals surface area contributed by atoms with Crippen molar-refractivity contribution in [1.29, 1.82) is 0 Å². The number of anilines is 1. The van der Waals surface area contributed by atoms with E-state index in [2.05, 4.69) is 45.7 Å². The minimum atomic E-state index is -0.641. The fourth-order valence-corrected chi connectivity index (χ4v) is 4.62. The number of nitrogens with zero attached hydrogens (tertiary/aromatic N) is 2. The van der Waals surface area contributed by atoms with Crippen molar-refractivity contribution in [2.45, 2.75) is 25.4 Å². The molecule has 0 aromatic heterocycles. The summed E-state index contributed by atoms with van der Waals surface area (Å²) in [4.78, 5) is 29.5. The second-order valence-electron chi connectivity index (χ2n) is 8.60. The molecular weight excluding hydrogens is 440 g/mol. The average molecular weight is 471 g/mol. The third-order valence-electron chi connectivity index (χ3n) is 6.35. The van der Waals surface area contributed by atoms with Crippen LogP contribution in [0.15, 0.2) is 42.5 Å². The standard InChI is InChI=1S/C25H31ClN4O3/c1-29-10-2-3-19-15-20(6-9-22(19)29)23(30-11-13-33-14-12-30)17-28-25(32)24(31)27-16-18-4-7-21(26)8-5-18/h4-9,15,23H,2-3,10-14,16-17H2,1H3,(H,27,31)(H,28,32)/t23-/m1/s1. The predicted octanol–water partition coefficient (Wildman–Crippen LogP) is 2.53. The number of fused-ring (bicyclic) bond motifs is 1. The maximum absolute atomic E-state index is 12.5. The van der Waals surface area contributed by atoms with E-state index < -0.39 is 11.8 Å². The Morgan fingerprint density at radius 2 is 1.76 bits per heavy atom. The molecule has 7 nitrogen and oxygen atoms in total. The predicted molar refractivity (Wildman–Crippen MR) is 129 cm³/mol. The van der Waals surface area contributed by atoms with E-state index in [0.717, 1.165) is 43.6 Å². The average Bonchev–Trinajstić information content (AvgIpc) is 2.84. The maximum atomic E-state index is 12.5. The summed E-state index contributed by atoms with van der Waals surface area (Å²) in [5.41, 5.74) is 4.65. The van der Waals surface area contributed by atoms with Gasteiger partial charge in [0.2, 0.25) is 0 Å². The number of carbonyl (C=O) groups excluding carboxylic acids is 2. The first-order valence-electron chi connectivity index (χ1n) is 11.5. The van der Waals surface area contributed by atoms with E-state index in [1.165, 1.54) is 11.3 Å². The van der Waals surface area contributed by atoms with Gasteiger partial charge in [-0.2, -0.15) is 0 Å². The summed E-state index contributed by atoms with van der Waals surface area (Å²) in [6.07, 6.45) is 2.20. The van der Waals surface area contributed by atoms with E-state index in [1.807, 2.05) is 12.1 Å². The van der Waals surface area contributed by atoms with E-state index in [0.29, 0.717) is 24.8 Å².